The van der Waals surface area contributed by atoms with Gasteiger partial charge < -0.3 is 0 Å². The summed E-state index contributed by atoms with van der Waals surface area (Å²) in [7, 11) is 0. The van der Waals surface area contributed by atoms with Crippen LogP contribution in [0.4, 0.5) is 0 Å². The molecule has 0 fully saturated rings. The van der Waals surface area contributed by atoms with E-state index in [1.165, 1.54) is 49.7 Å². The fourth-order valence-electron chi connectivity index (χ4n) is 5.26. The van der Waals surface area contributed by atoms with Crippen molar-refractivity contribution in [2.75, 3.05) is 0 Å². The standard InChI is InChI=1S/C29H23N/c1-29(2)26-11-7-6-10-23(26)25-18-20(13-15-27(25)29)28-24-14-12-19-8-4-5-9-21(19)22(24)16-17-30(28)3/h4-18H,3H2,1-2H3. The third-order valence-corrected chi connectivity index (χ3v) is 6.79. The lowest BCUT2D eigenvalue weighted by Crippen LogP contribution is -2.19. The molecule has 2 aliphatic rings. The van der Waals surface area contributed by atoms with E-state index in [1.807, 2.05) is 4.58 Å². The molecule has 6 rings (SSSR count). The molecule has 1 heteroatoms. The number of fused-ring (bicyclic) bond motifs is 6. The SMILES string of the molecule is C=[N+]1C=Cc2c(ccc3ccccc23)[C-]1c1ccc2c(c1)-c1ccccc1C2(C)C. The Balaban J connectivity index is 1.57. The molecule has 30 heavy (non-hydrogen) atoms. The Morgan fingerprint density at radius 2 is 1.57 bits per heavy atom. The molecule has 1 heterocycles. The normalized spacial score (nSPS) is 15.8. The molecule has 1 aliphatic heterocycles. The van der Waals surface area contributed by atoms with Gasteiger partial charge in [0.25, 0.3) is 0 Å². The van der Waals surface area contributed by atoms with Crippen molar-refractivity contribution in [2.45, 2.75) is 19.3 Å². The number of hydrogen-bond acceptors (Lipinski definition) is 0. The Morgan fingerprint density at radius 1 is 0.800 bits per heavy atom. The van der Waals surface area contributed by atoms with E-state index >= 15 is 0 Å². The maximum absolute atomic E-state index is 4.31. The molecule has 1 nitrogen and oxygen atoms in total. The minimum Gasteiger partial charge on any atom is -0.243 e. The average Bonchev–Trinajstić information content (AvgIpc) is 3.00. The van der Waals surface area contributed by atoms with Crippen LogP contribution in [0.5, 0.6) is 0 Å². The summed E-state index contributed by atoms with van der Waals surface area (Å²) in [6.45, 7) is 8.95. The van der Waals surface area contributed by atoms with Crippen molar-refractivity contribution >= 4 is 23.6 Å². The predicted octanol–water partition coefficient (Wildman–Crippen LogP) is 6.77. The van der Waals surface area contributed by atoms with Crippen molar-refractivity contribution in [2.24, 2.45) is 0 Å². The molecule has 0 N–H and O–H groups in total. The second kappa shape index (κ2) is 5.96. The summed E-state index contributed by atoms with van der Waals surface area (Å²) >= 11 is 0. The lowest BCUT2D eigenvalue weighted by molar-refractivity contribution is -0.418. The van der Waals surface area contributed by atoms with Crippen molar-refractivity contribution in [3.63, 3.8) is 0 Å². The molecule has 0 bridgehead atoms. The largest absolute Gasteiger partial charge is 0.243 e. The first-order valence-corrected chi connectivity index (χ1v) is 10.5. The molecule has 0 amide bonds. The van der Waals surface area contributed by atoms with Crippen LogP contribution in [-0.4, -0.2) is 11.3 Å². The van der Waals surface area contributed by atoms with Gasteiger partial charge in [0, 0.05) is 5.41 Å². The van der Waals surface area contributed by atoms with Gasteiger partial charge in [-0.05, 0) is 55.8 Å². The zero-order valence-electron chi connectivity index (χ0n) is 17.3. The quantitative estimate of drug-likeness (QED) is 0.251. The zero-order chi connectivity index (χ0) is 20.5. The Labute approximate surface area is 177 Å². The van der Waals surface area contributed by atoms with Crippen LogP contribution in [0.25, 0.3) is 28.0 Å². The van der Waals surface area contributed by atoms with Gasteiger partial charge in [0.2, 0.25) is 0 Å². The highest BCUT2D eigenvalue weighted by Gasteiger charge is 2.35. The topological polar surface area (TPSA) is 3.01 Å². The minimum atomic E-state index is 0.0276. The molecule has 0 aromatic heterocycles. The van der Waals surface area contributed by atoms with Gasteiger partial charge in [-0.1, -0.05) is 92.7 Å². The number of rotatable bonds is 1. The maximum atomic E-state index is 4.31. The van der Waals surface area contributed by atoms with Gasteiger partial charge in [-0.15, -0.1) is 0 Å². The molecule has 144 valence electrons. The molecule has 0 saturated heterocycles. The van der Waals surface area contributed by atoms with Crippen LogP contribution in [0.1, 0.15) is 41.7 Å². The van der Waals surface area contributed by atoms with Gasteiger partial charge in [-0.3, -0.25) is 0 Å². The first-order valence-electron chi connectivity index (χ1n) is 10.5. The molecule has 0 spiro atoms. The summed E-state index contributed by atoms with van der Waals surface area (Å²) < 4.78 is 2.00. The van der Waals surface area contributed by atoms with E-state index in [4.69, 9.17) is 0 Å². The minimum absolute atomic E-state index is 0.0276. The highest BCUT2D eigenvalue weighted by Crippen LogP contribution is 2.49. The van der Waals surface area contributed by atoms with Gasteiger partial charge in [0.15, 0.2) is 6.04 Å². The summed E-state index contributed by atoms with van der Waals surface area (Å²) in [4.78, 5) is 0. The van der Waals surface area contributed by atoms with Crippen LogP contribution in [0.15, 0.2) is 85.1 Å². The molecule has 1 aliphatic carbocycles. The zero-order valence-corrected chi connectivity index (χ0v) is 17.3. The Bertz CT molecular complexity index is 1390. The molecular formula is C29H23N. The fourth-order valence-corrected chi connectivity index (χ4v) is 5.26. The van der Waals surface area contributed by atoms with E-state index in [1.54, 1.807) is 0 Å². The number of hydrogen-bond donors (Lipinski definition) is 0. The van der Waals surface area contributed by atoms with Crippen molar-refractivity contribution in [1.82, 2.24) is 0 Å². The van der Waals surface area contributed by atoms with Gasteiger partial charge >= 0.3 is 0 Å². The Hall–Kier alpha value is -3.58. The second-order valence-electron chi connectivity index (χ2n) is 8.81. The van der Waals surface area contributed by atoms with Crippen LogP contribution in [-0.2, 0) is 5.41 Å². The molecule has 0 radical (unpaired) electrons. The van der Waals surface area contributed by atoms with Crippen LogP contribution in [0.3, 0.4) is 0 Å². The lowest BCUT2D eigenvalue weighted by atomic mass is 9.81. The smallest absolute Gasteiger partial charge is 0.159 e. The van der Waals surface area contributed by atoms with E-state index in [0.29, 0.717) is 0 Å². The molecule has 4 aromatic rings. The van der Waals surface area contributed by atoms with Crippen molar-refractivity contribution in [3.8, 4) is 11.1 Å². The molecule has 0 saturated carbocycles. The van der Waals surface area contributed by atoms with E-state index in [2.05, 4.69) is 112 Å². The molecule has 4 aromatic carbocycles. The summed E-state index contributed by atoms with van der Waals surface area (Å²) in [5, 5.41) is 2.55. The summed E-state index contributed by atoms with van der Waals surface area (Å²) in [6, 6.07) is 29.9. The fraction of sp³-hybridized carbons (Fsp3) is 0.103. The van der Waals surface area contributed by atoms with E-state index in [0.717, 1.165) is 6.04 Å². The third-order valence-electron chi connectivity index (χ3n) is 6.79. The first kappa shape index (κ1) is 17.3. The highest BCUT2D eigenvalue weighted by atomic mass is 15.0. The van der Waals surface area contributed by atoms with Crippen molar-refractivity contribution in [1.29, 1.82) is 0 Å². The van der Waals surface area contributed by atoms with Crippen molar-refractivity contribution in [3.05, 3.63) is 119 Å². The Kier molecular flexibility index (Phi) is 3.44. The van der Waals surface area contributed by atoms with E-state index in [9.17, 15) is 0 Å². The van der Waals surface area contributed by atoms with Crippen LogP contribution < -0.4 is 0 Å². The summed E-state index contributed by atoms with van der Waals surface area (Å²) in [6.07, 6.45) is 4.26. The number of benzene rings is 4. The van der Waals surface area contributed by atoms with Gasteiger partial charge in [-0.2, -0.15) is 0 Å². The first-order chi connectivity index (χ1) is 14.6. The van der Waals surface area contributed by atoms with Crippen molar-refractivity contribution < 1.29 is 4.58 Å². The lowest BCUT2D eigenvalue weighted by Gasteiger charge is -2.26. The highest BCUT2D eigenvalue weighted by molar-refractivity contribution is 5.93. The number of nitrogens with zero attached hydrogens (tertiary/aromatic N) is 1. The average molecular weight is 386 g/mol. The maximum Gasteiger partial charge on any atom is 0.159 e. The summed E-state index contributed by atoms with van der Waals surface area (Å²) in [5.74, 6) is 0. The third kappa shape index (κ3) is 2.23. The second-order valence-corrected chi connectivity index (χ2v) is 8.81. The van der Waals surface area contributed by atoms with Gasteiger partial charge in [-0.25, -0.2) is 4.58 Å². The Morgan fingerprint density at radius 3 is 2.47 bits per heavy atom. The van der Waals surface area contributed by atoms with Gasteiger partial charge in [0.1, 0.15) is 6.20 Å². The van der Waals surface area contributed by atoms with Crippen LogP contribution in [0, 0.1) is 6.04 Å². The molecule has 0 unspecified atom stereocenters. The summed E-state index contributed by atoms with van der Waals surface area (Å²) in [5.41, 5.74) is 9.22. The monoisotopic (exact) mass is 385 g/mol. The van der Waals surface area contributed by atoms with Gasteiger partial charge in [0.05, 0.1) is 6.72 Å². The van der Waals surface area contributed by atoms with Crippen LogP contribution >= 0.6 is 0 Å². The predicted molar refractivity (Wildman–Crippen MR) is 126 cm³/mol. The van der Waals surface area contributed by atoms with Crippen LogP contribution in [0.2, 0.25) is 0 Å². The molecule has 0 atom stereocenters. The van der Waals surface area contributed by atoms with E-state index < -0.39 is 0 Å². The molecular weight excluding hydrogens is 362 g/mol. The van der Waals surface area contributed by atoms with E-state index in [-0.39, 0.29) is 5.41 Å².